The van der Waals surface area contributed by atoms with Gasteiger partial charge in [0.05, 0.1) is 36.7 Å². The molecule has 6 nitrogen and oxygen atoms in total. The van der Waals surface area contributed by atoms with Crippen LogP contribution in [0.2, 0.25) is 0 Å². The van der Waals surface area contributed by atoms with Crippen LogP contribution in [0, 0.1) is 0 Å². The number of urea groups is 1. The number of hydrogen-bond acceptors (Lipinski definition) is 3. The first kappa shape index (κ1) is 14.6. The number of fused-ring (bicyclic) bond motifs is 2. The maximum atomic E-state index is 12.6. The third-order valence-electron chi connectivity index (χ3n) is 3.44. The van der Waals surface area contributed by atoms with Gasteiger partial charge in [-0.15, -0.1) is 6.58 Å². The summed E-state index contributed by atoms with van der Waals surface area (Å²) in [6.45, 7) is 4.31. The zero-order valence-corrected chi connectivity index (χ0v) is 11.5. The minimum Gasteiger partial charge on any atom is -0.314 e. The third-order valence-corrected chi connectivity index (χ3v) is 3.44. The van der Waals surface area contributed by atoms with Gasteiger partial charge in [-0.1, -0.05) is 6.08 Å². The van der Waals surface area contributed by atoms with Gasteiger partial charge in [-0.3, -0.25) is 4.84 Å². The number of rotatable bonds is 4. The number of hydrogen-bond donors (Lipinski definition) is 0. The van der Waals surface area contributed by atoms with E-state index < -0.39 is 11.7 Å². The third kappa shape index (κ3) is 2.47. The molecule has 0 N–H and O–H groups in total. The van der Waals surface area contributed by atoms with E-state index in [1.165, 1.54) is 16.0 Å². The minimum absolute atomic E-state index is 0.180. The second kappa shape index (κ2) is 5.16. The van der Waals surface area contributed by atoms with Crippen molar-refractivity contribution in [2.75, 3.05) is 19.7 Å². The number of hydroxylamine groups is 2. The molecule has 0 radical (unpaired) electrons. The highest BCUT2D eigenvalue weighted by Gasteiger charge is 2.41. The standard InChI is InChI=1S/C13H13F3N4O2/c1-2-3-22-20-11-4-10(7-18(8-11)12(20)21)19-6-9(5-17-19)13(14,15)16/h2,4-6,11H,1,3,7-8H2. The monoisotopic (exact) mass is 314 g/mol. The van der Waals surface area contributed by atoms with Crippen molar-refractivity contribution in [3.8, 4) is 0 Å². The highest BCUT2D eigenvalue weighted by Crippen LogP contribution is 2.31. The van der Waals surface area contributed by atoms with Crippen molar-refractivity contribution >= 4 is 11.7 Å². The van der Waals surface area contributed by atoms with Crippen molar-refractivity contribution < 1.29 is 22.8 Å². The molecule has 1 aromatic heterocycles. The number of carbonyl (C=O) groups excluding carboxylic acids is 1. The van der Waals surface area contributed by atoms with Crippen LogP contribution in [0.1, 0.15) is 5.56 Å². The van der Waals surface area contributed by atoms with E-state index in [4.69, 9.17) is 4.84 Å². The van der Waals surface area contributed by atoms with Crippen LogP contribution in [0.15, 0.2) is 31.1 Å². The highest BCUT2D eigenvalue weighted by atomic mass is 19.4. The van der Waals surface area contributed by atoms with Crippen molar-refractivity contribution in [1.29, 1.82) is 0 Å². The number of halogens is 3. The average Bonchev–Trinajstić information content (AvgIpc) is 3.03. The molecule has 0 aromatic carbocycles. The van der Waals surface area contributed by atoms with Gasteiger partial charge in [0.2, 0.25) is 0 Å². The predicted octanol–water partition coefficient (Wildman–Crippen LogP) is 1.98. The maximum absolute atomic E-state index is 12.6. The molecule has 3 heterocycles. The summed E-state index contributed by atoms with van der Waals surface area (Å²) in [5, 5.41) is 4.94. The van der Waals surface area contributed by atoms with E-state index in [9.17, 15) is 18.0 Å². The van der Waals surface area contributed by atoms with Gasteiger partial charge in [0.1, 0.15) is 0 Å². The van der Waals surface area contributed by atoms with Gasteiger partial charge in [-0.05, 0) is 6.08 Å². The lowest BCUT2D eigenvalue weighted by Crippen LogP contribution is -2.33. The fourth-order valence-electron chi connectivity index (χ4n) is 2.44. The molecule has 1 saturated heterocycles. The second-order valence-electron chi connectivity index (χ2n) is 4.97. The average molecular weight is 314 g/mol. The van der Waals surface area contributed by atoms with Crippen LogP contribution >= 0.6 is 0 Å². The van der Waals surface area contributed by atoms with Crippen LogP contribution in [-0.4, -0.2) is 51.5 Å². The van der Waals surface area contributed by atoms with E-state index in [0.29, 0.717) is 12.2 Å². The topological polar surface area (TPSA) is 50.6 Å². The van der Waals surface area contributed by atoms with E-state index in [1.54, 1.807) is 6.08 Å². The van der Waals surface area contributed by atoms with Crippen molar-refractivity contribution in [3.05, 3.63) is 36.7 Å². The molecule has 118 valence electrons. The van der Waals surface area contributed by atoms with Crippen molar-refractivity contribution in [1.82, 2.24) is 19.7 Å². The van der Waals surface area contributed by atoms with Gasteiger partial charge < -0.3 is 4.90 Å². The molecule has 0 aliphatic carbocycles. The lowest BCUT2D eigenvalue weighted by molar-refractivity contribution is -0.137. The summed E-state index contributed by atoms with van der Waals surface area (Å²) in [5.74, 6) is 0. The minimum atomic E-state index is -4.44. The summed E-state index contributed by atoms with van der Waals surface area (Å²) in [6, 6.07) is -0.670. The van der Waals surface area contributed by atoms with Crippen LogP contribution in [0.3, 0.4) is 0 Å². The van der Waals surface area contributed by atoms with Gasteiger partial charge >= 0.3 is 12.2 Å². The van der Waals surface area contributed by atoms with Gasteiger partial charge in [-0.25, -0.2) is 9.48 Å². The first-order valence-electron chi connectivity index (χ1n) is 6.55. The molecular weight excluding hydrogens is 301 g/mol. The molecule has 1 atom stereocenters. The Morgan fingerprint density at radius 2 is 2.27 bits per heavy atom. The number of carbonyl (C=O) groups is 1. The van der Waals surface area contributed by atoms with Crippen LogP contribution in [0.25, 0.3) is 5.70 Å². The molecule has 2 bridgehead atoms. The first-order chi connectivity index (χ1) is 10.4. The van der Waals surface area contributed by atoms with Crippen molar-refractivity contribution in [3.63, 3.8) is 0 Å². The van der Waals surface area contributed by atoms with E-state index in [0.717, 1.165) is 17.1 Å². The molecule has 9 heteroatoms. The van der Waals surface area contributed by atoms with E-state index in [1.807, 2.05) is 0 Å². The smallest absolute Gasteiger partial charge is 0.314 e. The summed E-state index contributed by atoms with van der Waals surface area (Å²) in [4.78, 5) is 18.9. The van der Waals surface area contributed by atoms with Crippen molar-refractivity contribution in [2.45, 2.75) is 12.2 Å². The summed E-state index contributed by atoms with van der Waals surface area (Å²) in [6.07, 6.45) is 0.440. The zero-order chi connectivity index (χ0) is 15.9. The fraction of sp³-hybridized carbons (Fsp3) is 0.385. The Balaban J connectivity index is 1.83. The Labute approximate surface area is 124 Å². The largest absolute Gasteiger partial charge is 0.419 e. The Hall–Kier alpha value is -2.29. The lowest BCUT2D eigenvalue weighted by Gasteiger charge is -2.21. The molecule has 2 amide bonds. The number of amides is 2. The molecule has 0 saturated carbocycles. The lowest BCUT2D eigenvalue weighted by atomic mass is 10.2. The summed E-state index contributed by atoms with van der Waals surface area (Å²) >= 11 is 0. The quantitative estimate of drug-likeness (QED) is 0.799. The predicted molar refractivity (Wildman–Crippen MR) is 70.2 cm³/mol. The normalized spacial score (nSPS) is 21.3. The Morgan fingerprint density at radius 1 is 1.50 bits per heavy atom. The first-order valence-corrected chi connectivity index (χ1v) is 6.55. The fourth-order valence-corrected chi connectivity index (χ4v) is 2.44. The number of aromatic nitrogens is 2. The molecule has 1 unspecified atom stereocenters. The molecule has 1 aromatic rings. The number of nitrogens with zero attached hydrogens (tertiary/aromatic N) is 4. The van der Waals surface area contributed by atoms with Crippen molar-refractivity contribution in [2.24, 2.45) is 0 Å². The SMILES string of the molecule is C=CCON1C(=O)N2CC(n3cc(C(F)(F)F)cn3)=CC1C2. The molecule has 22 heavy (non-hydrogen) atoms. The summed E-state index contributed by atoms with van der Waals surface area (Å²) in [5.41, 5.74) is -0.322. The van der Waals surface area contributed by atoms with E-state index in [2.05, 4.69) is 11.7 Å². The van der Waals surface area contributed by atoms with Crippen LogP contribution in [0.4, 0.5) is 18.0 Å². The molecule has 3 rings (SSSR count). The molecular formula is C13H13F3N4O2. The highest BCUT2D eigenvalue weighted by molar-refractivity contribution is 5.80. The zero-order valence-electron chi connectivity index (χ0n) is 11.5. The molecule has 0 spiro atoms. The Morgan fingerprint density at radius 3 is 2.91 bits per heavy atom. The van der Waals surface area contributed by atoms with Gasteiger partial charge in [0, 0.05) is 12.7 Å². The van der Waals surface area contributed by atoms with Gasteiger partial charge in [-0.2, -0.15) is 23.3 Å². The van der Waals surface area contributed by atoms with Crippen LogP contribution in [-0.2, 0) is 11.0 Å². The van der Waals surface area contributed by atoms with Crippen LogP contribution < -0.4 is 0 Å². The Bertz CT molecular complexity index is 637. The Kier molecular flexibility index (Phi) is 3.44. The van der Waals surface area contributed by atoms with E-state index >= 15 is 0 Å². The van der Waals surface area contributed by atoms with Gasteiger partial charge in [0.25, 0.3) is 0 Å². The second-order valence-corrected chi connectivity index (χ2v) is 4.97. The summed E-state index contributed by atoms with van der Waals surface area (Å²) in [7, 11) is 0. The summed E-state index contributed by atoms with van der Waals surface area (Å²) < 4.78 is 39.0. The van der Waals surface area contributed by atoms with Crippen LogP contribution in [0.5, 0.6) is 0 Å². The van der Waals surface area contributed by atoms with Gasteiger partial charge in [0.15, 0.2) is 0 Å². The molecule has 2 aliphatic heterocycles. The number of alkyl halides is 3. The molecule has 2 aliphatic rings. The van der Waals surface area contributed by atoms with E-state index in [-0.39, 0.29) is 25.2 Å². The maximum Gasteiger partial charge on any atom is 0.419 e. The molecule has 1 fully saturated rings.